The van der Waals surface area contributed by atoms with Gasteiger partial charge in [0.05, 0.1) is 6.04 Å². The van der Waals surface area contributed by atoms with Crippen LogP contribution in [0.25, 0.3) is 0 Å². The van der Waals surface area contributed by atoms with Crippen LogP contribution in [0.15, 0.2) is 48.8 Å². The van der Waals surface area contributed by atoms with Crippen molar-refractivity contribution >= 4 is 0 Å². The molecule has 1 aromatic heterocycles. The molecule has 0 saturated carbocycles. The largest absolute Gasteiger partial charge is 0.265 e. The molecule has 0 N–H and O–H groups in total. The Morgan fingerprint density at radius 3 is 2.57 bits per heavy atom. The second-order valence-electron chi connectivity index (χ2n) is 3.20. The van der Waals surface area contributed by atoms with Crippen LogP contribution >= 0.6 is 0 Å². The van der Waals surface area contributed by atoms with E-state index in [-0.39, 0.29) is 6.04 Å². The van der Waals surface area contributed by atoms with Crippen LogP contribution < -0.4 is 0 Å². The number of benzene rings is 1. The molecular weight excluding hydrogens is 172 g/mol. The summed E-state index contributed by atoms with van der Waals surface area (Å²) < 4.78 is 1.95. The van der Waals surface area contributed by atoms with E-state index in [1.54, 1.807) is 6.20 Å². The highest BCUT2D eigenvalue weighted by atomic mass is 15.3. The number of aromatic nitrogens is 2. The Labute approximate surface area is 84.2 Å². The minimum absolute atomic E-state index is 0.256. The molecule has 0 aliphatic carbocycles. The van der Waals surface area contributed by atoms with Gasteiger partial charge in [-0.3, -0.25) is 4.68 Å². The van der Waals surface area contributed by atoms with E-state index in [1.807, 2.05) is 35.1 Å². The third-order valence-corrected chi connectivity index (χ3v) is 2.30. The molecule has 1 aromatic carbocycles. The van der Waals surface area contributed by atoms with Crippen molar-refractivity contribution in [2.75, 3.05) is 0 Å². The Morgan fingerprint density at radius 1 is 1.21 bits per heavy atom. The smallest absolute Gasteiger partial charge is 0.0768 e. The normalized spacial score (nSPS) is 12.6. The second-order valence-corrected chi connectivity index (χ2v) is 3.20. The predicted molar refractivity (Wildman–Crippen MR) is 56.8 cm³/mol. The number of hydrogen-bond acceptors (Lipinski definition) is 1. The lowest BCUT2D eigenvalue weighted by atomic mass is 10.1. The van der Waals surface area contributed by atoms with Gasteiger partial charge in [-0.1, -0.05) is 37.3 Å². The Kier molecular flexibility index (Phi) is 2.63. The summed E-state index contributed by atoms with van der Waals surface area (Å²) in [6, 6.07) is 12.5. The van der Waals surface area contributed by atoms with E-state index in [0.717, 1.165) is 6.42 Å². The molecule has 1 atom stereocenters. The summed E-state index contributed by atoms with van der Waals surface area (Å²) in [6.07, 6.45) is 4.58. The molecule has 0 saturated heterocycles. The third kappa shape index (κ3) is 1.69. The molecule has 2 aromatic rings. The molecule has 0 aliphatic rings. The highest BCUT2D eigenvalue weighted by molar-refractivity contribution is 5.19. The standard InChI is InChI=1S/C12H13N2/c1-2-12(14-10-6-9-13-14)11-7-4-3-5-8-11/h3-10,12H,1-2H2. The van der Waals surface area contributed by atoms with Crippen LogP contribution in [0.5, 0.6) is 0 Å². The van der Waals surface area contributed by atoms with Gasteiger partial charge in [0, 0.05) is 12.4 Å². The van der Waals surface area contributed by atoms with Crippen LogP contribution in [0.1, 0.15) is 18.0 Å². The van der Waals surface area contributed by atoms with Gasteiger partial charge in [-0.15, -0.1) is 0 Å². The van der Waals surface area contributed by atoms with Crippen molar-refractivity contribution in [1.82, 2.24) is 9.78 Å². The van der Waals surface area contributed by atoms with Gasteiger partial charge in [0.1, 0.15) is 0 Å². The van der Waals surface area contributed by atoms with Crippen molar-refractivity contribution in [2.24, 2.45) is 0 Å². The highest BCUT2D eigenvalue weighted by Gasteiger charge is 2.09. The van der Waals surface area contributed by atoms with E-state index in [4.69, 9.17) is 0 Å². The maximum Gasteiger partial charge on any atom is 0.0768 e. The topological polar surface area (TPSA) is 17.8 Å². The van der Waals surface area contributed by atoms with Gasteiger partial charge < -0.3 is 0 Å². The van der Waals surface area contributed by atoms with Crippen molar-refractivity contribution < 1.29 is 0 Å². The van der Waals surface area contributed by atoms with Gasteiger partial charge in [-0.25, -0.2) is 0 Å². The van der Waals surface area contributed by atoms with Crippen LogP contribution in [-0.2, 0) is 0 Å². The van der Waals surface area contributed by atoms with E-state index in [9.17, 15) is 0 Å². The summed E-state index contributed by atoms with van der Waals surface area (Å²) >= 11 is 0. The van der Waals surface area contributed by atoms with E-state index in [2.05, 4.69) is 24.2 Å². The fourth-order valence-corrected chi connectivity index (χ4v) is 1.59. The van der Waals surface area contributed by atoms with E-state index in [0.29, 0.717) is 0 Å². The van der Waals surface area contributed by atoms with Crippen molar-refractivity contribution in [3.63, 3.8) is 0 Å². The van der Waals surface area contributed by atoms with Crippen LogP contribution in [0, 0.1) is 6.92 Å². The molecule has 71 valence electrons. The highest BCUT2D eigenvalue weighted by Crippen LogP contribution is 2.19. The monoisotopic (exact) mass is 185 g/mol. The fraction of sp³-hybridized carbons (Fsp3) is 0.167. The summed E-state index contributed by atoms with van der Waals surface area (Å²) in [5, 5.41) is 4.24. The minimum Gasteiger partial charge on any atom is -0.265 e. The zero-order valence-corrected chi connectivity index (χ0v) is 8.00. The molecule has 0 amide bonds. The van der Waals surface area contributed by atoms with Gasteiger partial charge in [0.2, 0.25) is 0 Å². The summed E-state index contributed by atoms with van der Waals surface area (Å²) in [5.41, 5.74) is 1.26. The summed E-state index contributed by atoms with van der Waals surface area (Å²) in [7, 11) is 0. The second kappa shape index (κ2) is 4.09. The Balaban J connectivity index is 2.31. The van der Waals surface area contributed by atoms with Crippen molar-refractivity contribution in [3.8, 4) is 0 Å². The lowest BCUT2D eigenvalue weighted by Crippen LogP contribution is -2.09. The SMILES string of the molecule is [CH2]CC(c1ccccc1)n1cccn1. The molecule has 1 unspecified atom stereocenters. The molecular formula is C12H13N2. The molecule has 2 heteroatoms. The van der Waals surface area contributed by atoms with Gasteiger partial charge in [-0.05, 0) is 18.1 Å². The van der Waals surface area contributed by atoms with Crippen LogP contribution in [0.2, 0.25) is 0 Å². The first-order valence-corrected chi connectivity index (χ1v) is 4.75. The molecule has 0 bridgehead atoms. The fourth-order valence-electron chi connectivity index (χ4n) is 1.59. The average molecular weight is 185 g/mol. The van der Waals surface area contributed by atoms with Crippen molar-refractivity contribution in [3.05, 3.63) is 61.3 Å². The molecule has 1 radical (unpaired) electrons. The van der Waals surface area contributed by atoms with Gasteiger partial charge in [0.25, 0.3) is 0 Å². The molecule has 2 rings (SSSR count). The van der Waals surface area contributed by atoms with Crippen LogP contribution in [-0.4, -0.2) is 9.78 Å². The molecule has 0 aliphatic heterocycles. The van der Waals surface area contributed by atoms with Gasteiger partial charge >= 0.3 is 0 Å². The lowest BCUT2D eigenvalue weighted by molar-refractivity contribution is 0.527. The van der Waals surface area contributed by atoms with Crippen molar-refractivity contribution in [1.29, 1.82) is 0 Å². The molecule has 0 spiro atoms. The Bertz CT molecular complexity index is 364. The summed E-state index contributed by atoms with van der Waals surface area (Å²) in [4.78, 5) is 0. The predicted octanol–water partition coefficient (Wildman–Crippen LogP) is 2.70. The van der Waals surface area contributed by atoms with Gasteiger partial charge in [0.15, 0.2) is 0 Å². The van der Waals surface area contributed by atoms with Crippen LogP contribution in [0.3, 0.4) is 0 Å². The number of rotatable bonds is 3. The minimum atomic E-state index is 0.256. The Hall–Kier alpha value is -1.57. The molecule has 1 heterocycles. The zero-order valence-electron chi connectivity index (χ0n) is 8.00. The van der Waals surface area contributed by atoms with Crippen LogP contribution in [0.4, 0.5) is 0 Å². The molecule has 0 fully saturated rings. The quantitative estimate of drug-likeness (QED) is 0.718. The van der Waals surface area contributed by atoms with Crippen molar-refractivity contribution in [2.45, 2.75) is 12.5 Å². The Morgan fingerprint density at radius 2 is 2.00 bits per heavy atom. The first kappa shape index (κ1) is 9.00. The number of nitrogens with zero attached hydrogens (tertiary/aromatic N) is 2. The molecule has 14 heavy (non-hydrogen) atoms. The zero-order chi connectivity index (χ0) is 9.80. The average Bonchev–Trinajstić information content (AvgIpc) is 2.74. The molecule has 2 nitrogen and oxygen atoms in total. The summed E-state index contributed by atoms with van der Waals surface area (Å²) in [6.45, 7) is 3.96. The maximum atomic E-state index is 4.24. The third-order valence-electron chi connectivity index (χ3n) is 2.30. The van der Waals surface area contributed by atoms with Gasteiger partial charge in [-0.2, -0.15) is 5.10 Å². The first-order chi connectivity index (χ1) is 6.92. The summed E-state index contributed by atoms with van der Waals surface area (Å²) in [5.74, 6) is 0. The van der Waals surface area contributed by atoms with E-state index >= 15 is 0 Å². The maximum absolute atomic E-state index is 4.24. The number of hydrogen-bond donors (Lipinski definition) is 0. The van der Waals surface area contributed by atoms with E-state index in [1.165, 1.54) is 5.56 Å². The lowest BCUT2D eigenvalue weighted by Gasteiger charge is -2.15. The first-order valence-electron chi connectivity index (χ1n) is 4.75. The van der Waals surface area contributed by atoms with E-state index < -0.39 is 0 Å².